The summed E-state index contributed by atoms with van der Waals surface area (Å²) in [5.74, 6) is 0. The molecule has 0 spiro atoms. The SMILES string of the molecule is CCCC(C#N)(CCC)Sc1cccc(C)c1. The van der Waals surface area contributed by atoms with E-state index in [1.165, 1.54) is 10.5 Å². The summed E-state index contributed by atoms with van der Waals surface area (Å²) in [5, 5.41) is 9.50. The molecule has 0 saturated carbocycles. The van der Waals surface area contributed by atoms with Crippen LogP contribution in [0.1, 0.15) is 45.1 Å². The molecule has 0 atom stereocenters. The highest BCUT2D eigenvalue weighted by Gasteiger charge is 2.29. The minimum Gasteiger partial charge on any atom is -0.197 e. The van der Waals surface area contributed by atoms with Crippen molar-refractivity contribution >= 4 is 11.8 Å². The Labute approximate surface area is 109 Å². The predicted molar refractivity (Wildman–Crippen MR) is 75.2 cm³/mol. The molecule has 1 rings (SSSR count). The topological polar surface area (TPSA) is 23.8 Å². The van der Waals surface area contributed by atoms with Gasteiger partial charge in [0.15, 0.2) is 0 Å². The molecule has 0 fully saturated rings. The second-order valence-electron chi connectivity index (χ2n) is 4.52. The van der Waals surface area contributed by atoms with E-state index in [0.29, 0.717) is 0 Å². The molecule has 1 aromatic carbocycles. The number of nitrogens with zero attached hydrogens (tertiary/aromatic N) is 1. The molecule has 0 N–H and O–H groups in total. The molecule has 0 bridgehead atoms. The Morgan fingerprint density at radius 3 is 2.35 bits per heavy atom. The number of nitriles is 1. The van der Waals surface area contributed by atoms with E-state index >= 15 is 0 Å². The lowest BCUT2D eigenvalue weighted by Gasteiger charge is -2.25. The van der Waals surface area contributed by atoms with Crippen LogP contribution in [0.4, 0.5) is 0 Å². The van der Waals surface area contributed by atoms with Gasteiger partial charge in [-0.05, 0) is 31.9 Å². The van der Waals surface area contributed by atoms with E-state index in [1.807, 2.05) is 0 Å². The molecule has 0 heterocycles. The smallest absolute Gasteiger partial charge is 0.107 e. The highest BCUT2D eigenvalue weighted by atomic mass is 32.2. The number of rotatable bonds is 6. The number of aryl methyl sites for hydroxylation is 1. The van der Waals surface area contributed by atoms with Crippen LogP contribution >= 0.6 is 11.8 Å². The highest BCUT2D eigenvalue weighted by Crippen LogP contribution is 2.39. The molecular weight excluding hydrogens is 226 g/mol. The number of thioether (sulfide) groups is 1. The Morgan fingerprint density at radius 2 is 1.88 bits per heavy atom. The van der Waals surface area contributed by atoms with Crippen molar-refractivity contribution in [2.24, 2.45) is 0 Å². The van der Waals surface area contributed by atoms with Crippen LogP contribution in [-0.2, 0) is 0 Å². The van der Waals surface area contributed by atoms with Gasteiger partial charge in [-0.3, -0.25) is 0 Å². The zero-order chi connectivity index (χ0) is 12.7. The van der Waals surface area contributed by atoms with Gasteiger partial charge in [-0.15, -0.1) is 11.8 Å². The van der Waals surface area contributed by atoms with E-state index < -0.39 is 0 Å². The molecule has 0 radical (unpaired) electrons. The zero-order valence-electron chi connectivity index (χ0n) is 11.0. The standard InChI is InChI=1S/C15H21NS/c1-4-9-15(12-16,10-5-2)17-14-8-6-7-13(3)11-14/h6-8,11H,4-5,9-10H2,1-3H3. The second-order valence-corrected chi connectivity index (χ2v) is 5.98. The summed E-state index contributed by atoms with van der Waals surface area (Å²) in [6.45, 7) is 6.40. The fourth-order valence-electron chi connectivity index (χ4n) is 2.07. The molecule has 0 aliphatic heterocycles. The molecule has 0 aliphatic carbocycles. The van der Waals surface area contributed by atoms with E-state index in [2.05, 4.69) is 51.1 Å². The van der Waals surface area contributed by atoms with Crippen LogP contribution in [0.15, 0.2) is 29.2 Å². The first kappa shape index (κ1) is 14.1. The third-order valence-electron chi connectivity index (χ3n) is 2.81. The van der Waals surface area contributed by atoms with Gasteiger partial charge in [0, 0.05) is 4.90 Å². The molecule has 1 aromatic rings. The van der Waals surface area contributed by atoms with E-state index in [4.69, 9.17) is 0 Å². The normalized spacial score (nSPS) is 11.2. The van der Waals surface area contributed by atoms with Gasteiger partial charge in [0.25, 0.3) is 0 Å². The van der Waals surface area contributed by atoms with Crippen LogP contribution in [0.3, 0.4) is 0 Å². The van der Waals surface area contributed by atoms with Crippen molar-refractivity contribution < 1.29 is 0 Å². The number of hydrogen-bond acceptors (Lipinski definition) is 2. The fourth-order valence-corrected chi connectivity index (χ4v) is 3.57. The lowest BCUT2D eigenvalue weighted by atomic mass is 9.99. The van der Waals surface area contributed by atoms with Crippen molar-refractivity contribution in [3.63, 3.8) is 0 Å². The predicted octanol–water partition coefficient (Wildman–Crippen LogP) is 4.95. The highest BCUT2D eigenvalue weighted by molar-refractivity contribution is 8.01. The van der Waals surface area contributed by atoms with Crippen molar-refractivity contribution in [3.8, 4) is 6.07 Å². The van der Waals surface area contributed by atoms with Gasteiger partial charge in [-0.25, -0.2) is 0 Å². The van der Waals surface area contributed by atoms with Crippen LogP contribution in [0.25, 0.3) is 0 Å². The second kappa shape index (κ2) is 6.71. The van der Waals surface area contributed by atoms with Gasteiger partial charge in [0.05, 0.1) is 6.07 Å². The minimum absolute atomic E-state index is 0.239. The zero-order valence-corrected chi connectivity index (χ0v) is 11.8. The van der Waals surface area contributed by atoms with Gasteiger partial charge in [0.2, 0.25) is 0 Å². The van der Waals surface area contributed by atoms with Crippen molar-refractivity contribution in [1.82, 2.24) is 0 Å². The summed E-state index contributed by atoms with van der Waals surface area (Å²) in [6.07, 6.45) is 4.06. The van der Waals surface area contributed by atoms with Gasteiger partial charge < -0.3 is 0 Å². The maximum absolute atomic E-state index is 9.50. The third-order valence-corrected chi connectivity index (χ3v) is 4.19. The lowest BCUT2D eigenvalue weighted by Crippen LogP contribution is -2.21. The first-order valence-electron chi connectivity index (χ1n) is 6.32. The number of benzene rings is 1. The van der Waals surface area contributed by atoms with E-state index in [0.717, 1.165) is 25.7 Å². The molecule has 0 unspecified atom stereocenters. The van der Waals surface area contributed by atoms with Crippen LogP contribution in [0, 0.1) is 18.3 Å². The minimum atomic E-state index is -0.239. The Kier molecular flexibility index (Phi) is 5.58. The largest absolute Gasteiger partial charge is 0.197 e. The molecular formula is C15H21NS. The fraction of sp³-hybridized carbons (Fsp3) is 0.533. The molecule has 1 nitrogen and oxygen atoms in total. The monoisotopic (exact) mass is 247 g/mol. The first-order chi connectivity index (χ1) is 8.15. The van der Waals surface area contributed by atoms with Crippen molar-refractivity contribution in [3.05, 3.63) is 29.8 Å². The molecule has 0 aliphatic rings. The van der Waals surface area contributed by atoms with E-state index in [9.17, 15) is 5.26 Å². The summed E-state index contributed by atoms with van der Waals surface area (Å²) in [4.78, 5) is 1.22. The third kappa shape index (κ3) is 4.09. The summed E-state index contributed by atoms with van der Waals surface area (Å²) in [7, 11) is 0. The Hall–Kier alpha value is -0.940. The maximum Gasteiger partial charge on any atom is 0.107 e. The molecule has 17 heavy (non-hydrogen) atoms. The lowest BCUT2D eigenvalue weighted by molar-refractivity contribution is 0.584. The average molecular weight is 247 g/mol. The summed E-state index contributed by atoms with van der Waals surface area (Å²) >= 11 is 1.74. The van der Waals surface area contributed by atoms with E-state index in [1.54, 1.807) is 11.8 Å². The average Bonchev–Trinajstić information content (AvgIpc) is 2.29. The summed E-state index contributed by atoms with van der Waals surface area (Å²) in [6, 6.07) is 11.0. The van der Waals surface area contributed by atoms with Gasteiger partial charge in [-0.2, -0.15) is 5.26 Å². The molecule has 92 valence electrons. The Balaban J connectivity index is 2.89. The van der Waals surface area contributed by atoms with Crippen molar-refractivity contribution in [2.45, 2.75) is 56.1 Å². The van der Waals surface area contributed by atoms with Crippen LogP contribution in [0.2, 0.25) is 0 Å². The molecule has 2 heteroatoms. The van der Waals surface area contributed by atoms with Gasteiger partial charge in [0.1, 0.15) is 4.75 Å². The maximum atomic E-state index is 9.50. The van der Waals surface area contributed by atoms with E-state index in [-0.39, 0.29) is 4.75 Å². The first-order valence-corrected chi connectivity index (χ1v) is 7.14. The van der Waals surface area contributed by atoms with Crippen molar-refractivity contribution in [2.75, 3.05) is 0 Å². The summed E-state index contributed by atoms with van der Waals surface area (Å²) in [5.41, 5.74) is 1.26. The Bertz CT molecular complexity index is 386. The van der Waals surface area contributed by atoms with Crippen LogP contribution < -0.4 is 0 Å². The van der Waals surface area contributed by atoms with Gasteiger partial charge >= 0.3 is 0 Å². The Morgan fingerprint density at radius 1 is 1.24 bits per heavy atom. The molecule has 0 amide bonds. The number of hydrogen-bond donors (Lipinski definition) is 0. The van der Waals surface area contributed by atoms with Crippen molar-refractivity contribution in [1.29, 1.82) is 5.26 Å². The molecule has 0 saturated heterocycles. The molecule has 0 aromatic heterocycles. The summed E-state index contributed by atoms with van der Waals surface area (Å²) < 4.78 is -0.239. The van der Waals surface area contributed by atoms with Crippen LogP contribution in [-0.4, -0.2) is 4.75 Å². The quantitative estimate of drug-likeness (QED) is 0.664. The van der Waals surface area contributed by atoms with Gasteiger partial charge in [-0.1, -0.05) is 44.4 Å². The van der Waals surface area contributed by atoms with Crippen LogP contribution in [0.5, 0.6) is 0 Å².